The molecule has 0 aromatic heterocycles. The fourth-order valence-electron chi connectivity index (χ4n) is 2.87. The van der Waals surface area contributed by atoms with Gasteiger partial charge < -0.3 is 10.0 Å². The number of amides is 1. The second-order valence-corrected chi connectivity index (χ2v) is 6.48. The Balaban J connectivity index is 1.85. The first-order chi connectivity index (χ1) is 12.3. The quantitative estimate of drug-likeness (QED) is 0.633. The van der Waals surface area contributed by atoms with Crippen molar-refractivity contribution in [1.29, 1.82) is 0 Å². The van der Waals surface area contributed by atoms with E-state index in [0.29, 0.717) is 17.7 Å². The average Bonchev–Trinajstić information content (AvgIpc) is 3.43. The Kier molecular flexibility index (Phi) is 4.71. The number of carbonyl (C=O) groups is 2. The number of non-ortho nitro benzene ring substituents is 1. The predicted octanol–water partition coefficient (Wildman–Crippen LogP) is 3.41. The Hall–Kier alpha value is -3.22. The van der Waals surface area contributed by atoms with Crippen molar-refractivity contribution in [3.8, 4) is 0 Å². The number of aryl methyl sites for hydroxylation is 1. The molecule has 3 rings (SSSR count). The number of benzene rings is 2. The minimum atomic E-state index is -1.07. The van der Waals surface area contributed by atoms with Crippen LogP contribution in [-0.2, 0) is 6.54 Å². The van der Waals surface area contributed by atoms with E-state index < -0.39 is 10.9 Å². The molecule has 0 bridgehead atoms. The summed E-state index contributed by atoms with van der Waals surface area (Å²) in [5.41, 5.74) is 1.93. The Bertz CT molecular complexity index is 872. The van der Waals surface area contributed by atoms with Crippen LogP contribution in [0, 0.1) is 17.0 Å². The molecule has 7 heteroatoms. The summed E-state index contributed by atoms with van der Waals surface area (Å²) in [6.45, 7) is 2.08. The van der Waals surface area contributed by atoms with Crippen molar-refractivity contribution in [3.63, 3.8) is 0 Å². The third-order valence-electron chi connectivity index (χ3n) is 4.32. The lowest BCUT2D eigenvalue weighted by Crippen LogP contribution is -2.32. The van der Waals surface area contributed by atoms with Gasteiger partial charge in [0.1, 0.15) is 0 Å². The van der Waals surface area contributed by atoms with Crippen LogP contribution in [0.15, 0.2) is 42.5 Å². The molecule has 0 heterocycles. The van der Waals surface area contributed by atoms with Crippen LogP contribution in [0.25, 0.3) is 0 Å². The summed E-state index contributed by atoms with van der Waals surface area (Å²) in [5, 5.41) is 20.0. The van der Waals surface area contributed by atoms with Gasteiger partial charge in [-0.1, -0.05) is 12.1 Å². The first kappa shape index (κ1) is 17.6. The molecule has 1 aliphatic carbocycles. The summed E-state index contributed by atoms with van der Waals surface area (Å²) in [6, 6.07) is 10.8. The Morgan fingerprint density at radius 3 is 2.31 bits per heavy atom. The van der Waals surface area contributed by atoms with Crippen LogP contribution in [0.1, 0.15) is 44.7 Å². The molecular formula is C19H18N2O5. The van der Waals surface area contributed by atoms with Gasteiger partial charge in [-0.3, -0.25) is 14.9 Å². The molecule has 0 atom stereocenters. The molecule has 134 valence electrons. The van der Waals surface area contributed by atoms with Gasteiger partial charge in [0, 0.05) is 30.3 Å². The predicted molar refractivity (Wildman–Crippen MR) is 94.1 cm³/mol. The Morgan fingerprint density at radius 1 is 1.15 bits per heavy atom. The molecule has 0 aliphatic heterocycles. The summed E-state index contributed by atoms with van der Waals surface area (Å²) in [6.07, 6.45) is 1.80. The van der Waals surface area contributed by atoms with Gasteiger partial charge in [0.25, 0.3) is 11.6 Å². The molecule has 26 heavy (non-hydrogen) atoms. The van der Waals surface area contributed by atoms with Crippen molar-refractivity contribution < 1.29 is 19.6 Å². The lowest BCUT2D eigenvalue weighted by molar-refractivity contribution is -0.384. The normalized spacial score (nSPS) is 13.3. The summed E-state index contributed by atoms with van der Waals surface area (Å²) in [5.74, 6) is -1.30. The molecule has 1 aliphatic rings. The van der Waals surface area contributed by atoms with Gasteiger partial charge in [0.2, 0.25) is 0 Å². The van der Waals surface area contributed by atoms with E-state index in [-0.39, 0.29) is 23.2 Å². The zero-order valence-electron chi connectivity index (χ0n) is 14.2. The van der Waals surface area contributed by atoms with Crippen LogP contribution in [0.2, 0.25) is 0 Å². The standard InChI is InChI=1S/C19H18N2O5/c1-12-8-14(10-15(9-12)19(23)24)18(22)20(16-6-7-16)11-13-2-4-17(5-3-13)21(25)26/h2-5,8-10,16H,6-7,11H2,1H3,(H,23,24). The number of rotatable bonds is 6. The molecule has 1 fully saturated rings. The number of carbonyl (C=O) groups excluding carboxylic acids is 1. The molecule has 1 N–H and O–H groups in total. The summed E-state index contributed by atoms with van der Waals surface area (Å²) in [7, 11) is 0. The molecule has 1 saturated carbocycles. The molecule has 0 spiro atoms. The second-order valence-electron chi connectivity index (χ2n) is 6.48. The highest BCUT2D eigenvalue weighted by Crippen LogP contribution is 2.30. The lowest BCUT2D eigenvalue weighted by Gasteiger charge is -2.23. The monoisotopic (exact) mass is 354 g/mol. The molecule has 2 aromatic carbocycles. The highest BCUT2D eigenvalue weighted by atomic mass is 16.6. The van der Waals surface area contributed by atoms with Gasteiger partial charge in [-0.2, -0.15) is 0 Å². The maximum atomic E-state index is 13.0. The number of nitro groups is 1. The fraction of sp³-hybridized carbons (Fsp3) is 0.263. The number of carboxylic acids is 1. The van der Waals surface area contributed by atoms with Crippen molar-refractivity contribution in [1.82, 2.24) is 4.90 Å². The number of aromatic carboxylic acids is 1. The molecule has 7 nitrogen and oxygen atoms in total. The smallest absolute Gasteiger partial charge is 0.335 e. The van der Waals surface area contributed by atoms with Crippen LogP contribution in [0.3, 0.4) is 0 Å². The molecule has 0 radical (unpaired) electrons. The minimum Gasteiger partial charge on any atom is -0.478 e. The van der Waals surface area contributed by atoms with Gasteiger partial charge in [-0.25, -0.2) is 4.79 Å². The highest BCUT2D eigenvalue weighted by Gasteiger charge is 2.33. The summed E-state index contributed by atoms with van der Waals surface area (Å²) >= 11 is 0. The van der Waals surface area contributed by atoms with Crippen molar-refractivity contribution in [2.75, 3.05) is 0 Å². The topological polar surface area (TPSA) is 101 Å². The zero-order chi connectivity index (χ0) is 18.8. The maximum absolute atomic E-state index is 13.0. The third kappa shape index (κ3) is 3.88. The first-order valence-corrected chi connectivity index (χ1v) is 8.24. The Morgan fingerprint density at radius 2 is 1.77 bits per heavy atom. The van der Waals surface area contributed by atoms with Crippen molar-refractivity contribution >= 4 is 17.6 Å². The largest absolute Gasteiger partial charge is 0.478 e. The van der Waals surface area contributed by atoms with E-state index in [2.05, 4.69) is 0 Å². The zero-order valence-corrected chi connectivity index (χ0v) is 14.2. The van der Waals surface area contributed by atoms with Gasteiger partial charge in [-0.05, 0) is 49.1 Å². The van der Waals surface area contributed by atoms with Crippen LogP contribution >= 0.6 is 0 Å². The van der Waals surface area contributed by atoms with Crippen molar-refractivity contribution in [2.24, 2.45) is 0 Å². The van der Waals surface area contributed by atoms with Gasteiger partial charge in [0.15, 0.2) is 0 Å². The molecule has 1 amide bonds. The van der Waals surface area contributed by atoms with E-state index >= 15 is 0 Å². The number of hydrogen-bond donors (Lipinski definition) is 1. The highest BCUT2D eigenvalue weighted by molar-refractivity contribution is 5.98. The van der Waals surface area contributed by atoms with E-state index in [4.69, 9.17) is 0 Å². The fourth-order valence-corrected chi connectivity index (χ4v) is 2.87. The third-order valence-corrected chi connectivity index (χ3v) is 4.32. The Labute approximate surface area is 150 Å². The molecule has 2 aromatic rings. The van der Waals surface area contributed by atoms with Crippen molar-refractivity contribution in [3.05, 3.63) is 74.8 Å². The van der Waals surface area contributed by atoms with Gasteiger partial charge >= 0.3 is 5.97 Å². The van der Waals surface area contributed by atoms with Crippen LogP contribution in [0.4, 0.5) is 5.69 Å². The molecular weight excluding hydrogens is 336 g/mol. The number of carboxylic acid groups (broad SMARTS) is 1. The van der Waals surface area contributed by atoms with E-state index in [1.807, 2.05) is 0 Å². The van der Waals surface area contributed by atoms with E-state index in [1.54, 1.807) is 30.0 Å². The SMILES string of the molecule is Cc1cc(C(=O)O)cc(C(=O)N(Cc2ccc([N+](=O)[O-])cc2)C2CC2)c1. The average molecular weight is 354 g/mol. The van der Waals surface area contributed by atoms with E-state index in [9.17, 15) is 24.8 Å². The van der Waals surface area contributed by atoms with E-state index in [1.165, 1.54) is 24.3 Å². The van der Waals surface area contributed by atoms with Gasteiger partial charge in [0.05, 0.1) is 10.5 Å². The van der Waals surface area contributed by atoms with Crippen LogP contribution in [-0.4, -0.2) is 32.8 Å². The van der Waals surface area contributed by atoms with E-state index in [0.717, 1.165) is 18.4 Å². The van der Waals surface area contributed by atoms with Gasteiger partial charge in [-0.15, -0.1) is 0 Å². The second kappa shape index (κ2) is 6.95. The maximum Gasteiger partial charge on any atom is 0.335 e. The lowest BCUT2D eigenvalue weighted by atomic mass is 10.0. The number of nitro benzene ring substituents is 1. The molecule has 0 saturated heterocycles. The number of nitrogens with zero attached hydrogens (tertiary/aromatic N) is 2. The molecule has 0 unspecified atom stereocenters. The minimum absolute atomic E-state index is 0.00262. The summed E-state index contributed by atoms with van der Waals surface area (Å²) in [4.78, 5) is 36.2. The van der Waals surface area contributed by atoms with Crippen molar-refractivity contribution in [2.45, 2.75) is 32.4 Å². The van der Waals surface area contributed by atoms with Crippen LogP contribution in [0.5, 0.6) is 0 Å². The number of hydrogen-bond acceptors (Lipinski definition) is 4. The van der Waals surface area contributed by atoms with Crippen LogP contribution < -0.4 is 0 Å². The summed E-state index contributed by atoms with van der Waals surface area (Å²) < 4.78 is 0. The first-order valence-electron chi connectivity index (χ1n) is 8.24.